The van der Waals surface area contributed by atoms with Crippen molar-refractivity contribution >= 4 is 5.91 Å². The van der Waals surface area contributed by atoms with Crippen molar-refractivity contribution in [2.45, 2.75) is 19.4 Å². The average molecular weight is 287 g/mol. The molecule has 2 aromatic rings. The van der Waals surface area contributed by atoms with E-state index in [4.69, 9.17) is 5.73 Å². The summed E-state index contributed by atoms with van der Waals surface area (Å²) in [4.78, 5) is 11.1. The van der Waals surface area contributed by atoms with Crippen LogP contribution in [0.25, 0.3) is 0 Å². The zero-order valence-corrected chi connectivity index (χ0v) is 12.1. The van der Waals surface area contributed by atoms with Crippen molar-refractivity contribution in [2.24, 2.45) is 5.73 Å². The smallest absolute Gasteiger partial charge is 0.272 e. The zero-order chi connectivity index (χ0) is 15.2. The summed E-state index contributed by atoms with van der Waals surface area (Å²) in [5.41, 5.74) is 8.32. The maximum Gasteiger partial charge on any atom is 0.272 e. The lowest BCUT2D eigenvalue weighted by atomic mass is 9.97. The Kier molecular flexibility index (Phi) is 5.06. The highest BCUT2D eigenvalue weighted by Crippen LogP contribution is 2.20. The van der Waals surface area contributed by atoms with E-state index in [0.717, 1.165) is 17.5 Å². The van der Waals surface area contributed by atoms with Crippen LogP contribution in [0.4, 0.5) is 4.39 Å². The molecule has 0 aliphatic heterocycles. The van der Waals surface area contributed by atoms with Gasteiger partial charge in [0, 0.05) is 11.1 Å². The Morgan fingerprint density at radius 1 is 1.19 bits per heavy atom. The van der Waals surface area contributed by atoms with Crippen LogP contribution in [0.3, 0.4) is 0 Å². The van der Waals surface area contributed by atoms with Crippen molar-refractivity contribution in [3.05, 3.63) is 71.0 Å². The van der Waals surface area contributed by atoms with Crippen LogP contribution in [-0.4, -0.2) is 12.5 Å². The van der Waals surface area contributed by atoms with Crippen molar-refractivity contribution in [3.8, 4) is 0 Å². The largest absolute Gasteiger partial charge is 0.365 e. The molecule has 2 aromatic carbocycles. The van der Waals surface area contributed by atoms with Crippen LogP contribution in [-0.2, 0) is 11.2 Å². The molecule has 21 heavy (non-hydrogen) atoms. The minimum Gasteiger partial charge on any atom is -0.365 e. The molecule has 0 spiro atoms. The summed E-state index contributed by atoms with van der Waals surface area (Å²) in [6.07, 6.45) is 0.968. The average Bonchev–Trinajstić information content (AvgIpc) is 2.48. The van der Waals surface area contributed by atoms with Crippen LogP contribution in [0.5, 0.6) is 0 Å². The van der Waals surface area contributed by atoms with E-state index >= 15 is 0 Å². The molecule has 0 heterocycles. The van der Waals surface area contributed by atoms with Gasteiger partial charge < -0.3 is 11.1 Å². The molecule has 0 aliphatic rings. The molecule has 2 rings (SSSR count). The van der Waals surface area contributed by atoms with Gasteiger partial charge in [0.25, 0.3) is 5.91 Å². The molecule has 0 unspecified atom stereocenters. The SMILES string of the molecule is CCc1ccc([C@@H]([NH2+]CC(N)=O)c2cccc(F)c2)cc1. The molecule has 0 bridgehead atoms. The van der Waals surface area contributed by atoms with E-state index in [0.29, 0.717) is 0 Å². The summed E-state index contributed by atoms with van der Waals surface area (Å²) in [6.45, 7) is 2.26. The zero-order valence-electron chi connectivity index (χ0n) is 12.1. The lowest BCUT2D eigenvalue weighted by Gasteiger charge is -2.16. The number of hydrogen-bond donors (Lipinski definition) is 2. The highest BCUT2D eigenvalue weighted by Gasteiger charge is 2.18. The molecule has 0 fully saturated rings. The van der Waals surface area contributed by atoms with Gasteiger partial charge in [-0.15, -0.1) is 0 Å². The number of amides is 1. The molecular formula is C17H20FN2O+. The summed E-state index contributed by atoms with van der Waals surface area (Å²) in [5, 5.41) is 1.83. The summed E-state index contributed by atoms with van der Waals surface area (Å²) < 4.78 is 13.5. The summed E-state index contributed by atoms with van der Waals surface area (Å²) in [7, 11) is 0. The highest BCUT2D eigenvalue weighted by atomic mass is 19.1. The van der Waals surface area contributed by atoms with Gasteiger partial charge in [-0.3, -0.25) is 4.79 Å². The molecule has 0 saturated carbocycles. The molecule has 0 radical (unpaired) electrons. The first kappa shape index (κ1) is 15.2. The van der Waals surface area contributed by atoms with Crippen LogP contribution < -0.4 is 11.1 Å². The maximum atomic E-state index is 13.5. The molecular weight excluding hydrogens is 267 g/mol. The van der Waals surface area contributed by atoms with Gasteiger partial charge in [0.2, 0.25) is 0 Å². The highest BCUT2D eigenvalue weighted by molar-refractivity contribution is 5.74. The Bertz CT molecular complexity index is 610. The van der Waals surface area contributed by atoms with E-state index < -0.39 is 0 Å². The minimum absolute atomic E-state index is 0.140. The molecule has 110 valence electrons. The number of quaternary nitrogens is 1. The number of benzene rings is 2. The van der Waals surface area contributed by atoms with Crippen LogP contribution in [0.2, 0.25) is 0 Å². The van der Waals surface area contributed by atoms with Gasteiger partial charge in [-0.25, -0.2) is 4.39 Å². The van der Waals surface area contributed by atoms with Crippen LogP contribution in [0.1, 0.15) is 29.7 Å². The number of halogens is 1. The Hall–Kier alpha value is -2.20. The molecule has 0 aromatic heterocycles. The predicted octanol–water partition coefficient (Wildman–Crippen LogP) is 1.53. The second kappa shape index (κ2) is 6.99. The first-order chi connectivity index (χ1) is 10.1. The third-order valence-electron chi connectivity index (χ3n) is 3.51. The van der Waals surface area contributed by atoms with Crippen molar-refractivity contribution in [2.75, 3.05) is 6.54 Å². The van der Waals surface area contributed by atoms with E-state index in [1.165, 1.54) is 17.7 Å². The van der Waals surface area contributed by atoms with Crippen molar-refractivity contribution in [3.63, 3.8) is 0 Å². The Morgan fingerprint density at radius 2 is 1.90 bits per heavy atom. The van der Waals surface area contributed by atoms with E-state index in [1.807, 2.05) is 23.5 Å². The number of primary amides is 1. The summed E-state index contributed by atoms with van der Waals surface area (Å²) in [6, 6.07) is 14.5. The number of hydrogen-bond acceptors (Lipinski definition) is 1. The Balaban J connectivity index is 2.32. The first-order valence-corrected chi connectivity index (χ1v) is 7.06. The van der Waals surface area contributed by atoms with Gasteiger partial charge >= 0.3 is 0 Å². The number of carbonyl (C=O) groups excluding carboxylic acids is 1. The van der Waals surface area contributed by atoms with Gasteiger partial charge in [0.05, 0.1) is 0 Å². The molecule has 0 saturated heterocycles. The topological polar surface area (TPSA) is 59.7 Å². The fourth-order valence-corrected chi connectivity index (χ4v) is 2.36. The monoisotopic (exact) mass is 287 g/mol. The quantitative estimate of drug-likeness (QED) is 0.831. The summed E-state index contributed by atoms with van der Waals surface area (Å²) >= 11 is 0. The van der Waals surface area contributed by atoms with Gasteiger partial charge in [-0.1, -0.05) is 43.3 Å². The van der Waals surface area contributed by atoms with Gasteiger partial charge in [0.1, 0.15) is 11.9 Å². The van der Waals surface area contributed by atoms with Gasteiger partial charge in [0.15, 0.2) is 6.54 Å². The van der Waals surface area contributed by atoms with E-state index in [-0.39, 0.29) is 24.3 Å². The van der Waals surface area contributed by atoms with Crippen LogP contribution >= 0.6 is 0 Å². The normalized spacial score (nSPS) is 12.1. The van der Waals surface area contributed by atoms with Gasteiger partial charge in [-0.05, 0) is 24.1 Å². The second-order valence-corrected chi connectivity index (χ2v) is 5.03. The number of aryl methyl sites for hydroxylation is 1. The molecule has 0 aliphatic carbocycles. The maximum absolute atomic E-state index is 13.5. The third kappa shape index (κ3) is 4.13. The predicted molar refractivity (Wildman–Crippen MR) is 80.0 cm³/mol. The number of carbonyl (C=O) groups is 1. The fourth-order valence-electron chi connectivity index (χ4n) is 2.36. The molecule has 1 atom stereocenters. The fraction of sp³-hybridized carbons (Fsp3) is 0.235. The minimum atomic E-state index is -0.387. The molecule has 4 N–H and O–H groups in total. The standard InChI is InChI=1S/C17H19FN2O/c1-2-12-6-8-13(9-7-12)17(20-11-16(19)21)14-4-3-5-15(18)10-14/h3-10,17,20H,2,11H2,1H3,(H2,19,21)/p+1/t17-/m1/s1. The third-order valence-corrected chi connectivity index (χ3v) is 3.51. The number of rotatable bonds is 6. The Morgan fingerprint density at radius 3 is 2.48 bits per heavy atom. The van der Waals surface area contributed by atoms with Crippen LogP contribution in [0.15, 0.2) is 48.5 Å². The lowest BCUT2D eigenvalue weighted by molar-refractivity contribution is -0.676. The van der Waals surface area contributed by atoms with Crippen LogP contribution in [0, 0.1) is 5.82 Å². The van der Waals surface area contributed by atoms with Crippen molar-refractivity contribution < 1.29 is 14.5 Å². The van der Waals surface area contributed by atoms with Gasteiger partial charge in [-0.2, -0.15) is 0 Å². The first-order valence-electron chi connectivity index (χ1n) is 7.06. The number of nitrogens with two attached hydrogens (primary N) is 2. The van der Waals surface area contributed by atoms with Crippen molar-refractivity contribution in [1.82, 2.24) is 0 Å². The molecule has 4 heteroatoms. The van der Waals surface area contributed by atoms with E-state index in [1.54, 1.807) is 6.07 Å². The Labute approximate surface area is 124 Å². The van der Waals surface area contributed by atoms with E-state index in [9.17, 15) is 9.18 Å². The molecule has 3 nitrogen and oxygen atoms in total. The lowest BCUT2D eigenvalue weighted by Crippen LogP contribution is -2.87. The van der Waals surface area contributed by atoms with E-state index in [2.05, 4.69) is 19.1 Å². The molecule has 1 amide bonds. The second-order valence-electron chi connectivity index (χ2n) is 5.03. The summed E-state index contributed by atoms with van der Waals surface area (Å²) in [5.74, 6) is -0.670. The van der Waals surface area contributed by atoms with Crippen molar-refractivity contribution in [1.29, 1.82) is 0 Å².